The summed E-state index contributed by atoms with van der Waals surface area (Å²) in [5, 5.41) is 3.04. The van der Waals surface area contributed by atoms with E-state index in [9.17, 15) is 4.79 Å². The van der Waals surface area contributed by atoms with Gasteiger partial charge in [0.25, 0.3) is 0 Å². The summed E-state index contributed by atoms with van der Waals surface area (Å²) >= 11 is 0. The molecule has 2 aliphatic rings. The minimum atomic E-state index is 0.0913. The molecule has 0 aromatic heterocycles. The molecule has 108 valence electrons. The summed E-state index contributed by atoms with van der Waals surface area (Å²) in [7, 11) is 0. The molecule has 0 saturated heterocycles. The van der Waals surface area contributed by atoms with Crippen LogP contribution < -0.4 is 14.8 Å². The van der Waals surface area contributed by atoms with Crippen molar-refractivity contribution >= 4 is 5.91 Å². The fourth-order valence-electron chi connectivity index (χ4n) is 2.92. The Bertz CT molecular complexity index is 481. The Kier molecular flexibility index (Phi) is 4.09. The molecular formula is C16H21NO3. The van der Waals surface area contributed by atoms with Crippen molar-refractivity contribution in [2.45, 2.75) is 32.1 Å². The fraction of sp³-hybridized carbons (Fsp3) is 0.562. The van der Waals surface area contributed by atoms with E-state index in [1.165, 1.54) is 25.7 Å². The molecule has 1 amide bonds. The highest BCUT2D eigenvalue weighted by Gasteiger charge is 2.16. The summed E-state index contributed by atoms with van der Waals surface area (Å²) in [6.07, 6.45) is 5.53. The van der Waals surface area contributed by atoms with Gasteiger partial charge in [-0.2, -0.15) is 0 Å². The lowest BCUT2D eigenvalue weighted by Gasteiger charge is -2.18. The lowest BCUT2D eigenvalue weighted by Crippen LogP contribution is -2.29. The summed E-state index contributed by atoms with van der Waals surface area (Å²) in [6.45, 7) is 1.99. The van der Waals surface area contributed by atoms with E-state index in [1.54, 1.807) is 0 Å². The molecule has 0 bridgehead atoms. The zero-order valence-electron chi connectivity index (χ0n) is 11.7. The Morgan fingerprint density at radius 1 is 1.15 bits per heavy atom. The van der Waals surface area contributed by atoms with E-state index in [2.05, 4.69) is 5.32 Å². The summed E-state index contributed by atoms with van der Waals surface area (Å²) in [6, 6.07) is 5.72. The maximum absolute atomic E-state index is 12.0. The van der Waals surface area contributed by atoms with Gasteiger partial charge in [-0.15, -0.1) is 0 Å². The van der Waals surface area contributed by atoms with Crippen molar-refractivity contribution in [1.82, 2.24) is 5.32 Å². The van der Waals surface area contributed by atoms with Crippen LogP contribution in [0, 0.1) is 5.92 Å². The monoisotopic (exact) mass is 275 g/mol. The maximum atomic E-state index is 12.0. The molecule has 1 fully saturated rings. The third kappa shape index (κ3) is 3.24. The number of ether oxygens (including phenoxy) is 2. The molecule has 1 aromatic carbocycles. The van der Waals surface area contributed by atoms with Crippen molar-refractivity contribution in [3.8, 4) is 11.5 Å². The predicted octanol–water partition coefficient (Wildman–Crippen LogP) is 2.31. The Labute approximate surface area is 119 Å². The first-order chi connectivity index (χ1) is 9.81. The van der Waals surface area contributed by atoms with Crippen molar-refractivity contribution in [2.24, 2.45) is 5.92 Å². The van der Waals surface area contributed by atoms with Gasteiger partial charge in [0.05, 0.1) is 6.42 Å². The van der Waals surface area contributed by atoms with Gasteiger partial charge in [0.2, 0.25) is 5.91 Å². The molecule has 0 atom stereocenters. The van der Waals surface area contributed by atoms with Crippen LogP contribution in [0.4, 0.5) is 0 Å². The van der Waals surface area contributed by atoms with Crippen LogP contribution in [0.5, 0.6) is 11.5 Å². The van der Waals surface area contributed by atoms with E-state index in [0.717, 1.165) is 23.6 Å². The molecule has 1 aliphatic heterocycles. The highest BCUT2D eigenvalue weighted by molar-refractivity contribution is 5.78. The fourth-order valence-corrected chi connectivity index (χ4v) is 2.92. The van der Waals surface area contributed by atoms with Gasteiger partial charge in [-0.1, -0.05) is 18.9 Å². The van der Waals surface area contributed by atoms with Gasteiger partial charge >= 0.3 is 0 Å². The van der Waals surface area contributed by atoms with E-state index >= 15 is 0 Å². The SMILES string of the molecule is O=C(Cc1ccc2c(c1)OCCO2)NCC1CCCC1. The van der Waals surface area contributed by atoms with E-state index in [4.69, 9.17) is 9.47 Å². The topological polar surface area (TPSA) is 47.6 Å². The number of carbonyl (C=O) groups is 1. The normalized spacial score (nSPS) is 18.0. The average molecular weight is 275 g/mol. The lowest BCUT2D eigenvalue weighted by molar-refractivity contribution is -0.120. The van der Waals surface area contributed by atoms with Crippen LogP contribution in [0.3, 0.4) is 0 Å². The van der Waals surface area contributed by atoms with Gasteiger partial charge in [-0.3, -0.25) is 4.79 Å². The van der Waals surface area contributed by atoms with Crippen molar-refractivity contribution in [3.05, 3.63) is 23.8 Å². The van der Waals surface area contributed by atoms with E-state index in [1.807, 2.05) is 18.2 Å². The first-order valence-electron chi connectivity index (χ1n) is 7.46. The van der Waals surface area contributed by atoms with Crippen LogP contribution >= 0.6 is 0 Å². The number of benzene rings is 1. The van der Waals surface area contributed by atoms with Crippen LogP contribution in [-0.4, -0.2) is 25.7 Å². The Morgan fingerprint density at radius 3 is 2.70 bits per heavy atom. The molecule has 0 unspecified atom stereocenters. The van der Waals surface area contributed by atoms with Crippen LogP contribution in [0.2, 0.25) is 0 Å². The Morgan fingerprint density at radius 2 is 1.90 bits per heavy atom. The van der Waals surface area contributed by atoms with Crippen LogP contribution in [0.15, 0.2) is 18.2 Å². The molecule has 1 heterocycles. The minimum absolute atomic E-state index is 0.0913. The summed E-state index contributed by atoms with van der Waals surface area (Å²) in [4.78, 5) is 12.0. The van der Waals surface area contributed by atoms with Gasteiger partial charge in [0, 0.05) is 6.54 Å². The zero-order chi connectivity index (χ0) is 13.8. The zero-order valence-corrected chi connectivity index (χ0v) is 11.7. The lowest BCUT2D eigenvalue weighted by atomic mass is 10.1. The number of rotatable bonds is 4. The molecule has 0 radical (unpaired) electrons. The average Bonchev–Trinajstić information content (AvgIpc) is 2.98. The molecule has 20 heavy (non-hydrogen) atoms. The Hall–Kier alpha value is -1.71. The molecule has 1 aromatic rings. The number of amides is 1. The number of hydrogen-bond acceptors (Lipinski definition) is 3. The molecule has 1 saturated carbocycles. The third-order valence-corrected chi connectivity index (χ3v) is 4.03. The van der Waals surface area contributed by atoms with Crippen LogP contribution in [-0.2, 0) is 11.2 Å². The number of hydrogen-bond donors (Lipinski definition) is 1. The second-order valence-electron chi connectivity index (χ2n) is 5.61. The number of carbonyl (C=O) groups excluding carboxylic acids is 1. The van der Waals surface area contributed by atoms with Gasteiger partial charge in [0.15, 0.2) is 11.5 Å². The van der Waals surface area contributed by atoms with Crippen molar-refractivity contribution in [3.63, 3.8) is 0 Å². The van der Waals surface area contributed by atoms with Gasteiger partial charge < -0.3 is 14.8 Å². The third-order valence-electron chi connectivity index (χ3n) is 4.03. The summed E-state index contributed by atoms with van der Waals surface area (Å²) < 4.78 is 11.0. The molecule has 0 spiro atoms. The summed E-state index contributed by atoms with van der Waals surface area (Å²) in [5.41, 5.74) is 0.971. The Balaban J connectivity index is 1.52. The van der Waals surface area contributed by atoms with Crippen LogP contribution in [0.1, 0.15) is 31.2 Å². The minimum Gasteiger partial charge on any atom is -0.486 e. The van der Waals surface area contributed by atoms with Crippen molar-refractivity contribution < 1.29 is 14.3 Å². The van der Waals surface area contributed by atoms with E-state index in [-0.39, 0.29) is 5.91 Å². The first-order valence-corrected chi connectivity index (χ1v) is 7.46. The smallest absolute Gasteiger partial charge is 0.224 e. The summed E-state index contributed by atoms with van der Waals surface area (Å²) in [5.74, 6) is 2.29. The highest BCUT2D eigenvalue weighted by Crippen LogP contribution is 2.30. The first kappa shape index (κ1) is 13.3. The van der Waals surface area contributed by atoms with Gasteiger partial charge in [0.1, 0.15) is 13.2 Å². The molecule has 3 rings (SSSR count). The van der Waals surface area contributed by atoms with E-state index in [0.29, 0.717) is 25.6 Å². The number of fused-ring (bicyclic) bond motifs is 1. The maximum Gasteiger partial charge on any atom is 0.224 e. The highest BCUT2D eigenvalue weighted by atomic mass is 16.6. The molecular weight excluding hydrogens is 254 g/mol. The standard InChI is InChI=1S/C16H21NO3/c18-16(17-11-12-3-1-2-4-12)10-13-5-6-14-15(9-13)20-8-7-19-14/h5-6,9,12H,1-4,7-8,10-11H2,(H,17,18). The molecule has 4 heteroatoms. The predicted molar refractivity (Wildman–Crippen MR) is 76.1 cm³/mol. The molecule has 1 N–H and O–H groups in total. The number of nitrogens with one attached hydrogen (secondary N) is 1. The second-order valence-corrected chi connectivity index (χ2v) is 5.61. The second kappa shape index (κ2) is 6.16. The quantitative estimate of drug-likeness (QED) is 0.917. The van der Waals surface area contributed by atoms with Crippen molar-refractivity contribution in [2.75, 3.05) is 19.8 Å². The largest absolute Gasteiger partial charge is 0.486 e. The van der Waals surface area contributed by atoms with Gasteiger partial charge in [-0.25, -0.2) is 0 Å². The molecule has 4 nitrogen and oxygen atoms in total. The van der Waals surface area contributed by atoms with E-state index < -0.39 is 0 Å². The van der Waals surface area contributed by atoms with Crippen molar-refractivity contribution in [1.29, 1.82) is 0 Å². The van der Waals surface area contributed by atoms with Gasteiger partial charge in [-0.05, 0) is 36.5 Å². The van der Waals surface area contributed by atoms with Crippen LogP contribution in [0.25, 0.3) is 0 Å². The molecule has 1 aliphatic carbocycles.